The molecule has 1 aromatic carbocycles. The van der Waals surface area contributed by atoms with Gasteiger partial charge in [-0.1, -0.05) is 15.9 Å². The van der Waals surface area contributed by atoms with Gasteiger partial charge in [0.05, 0.1) is 0 Å². The topological polar surface area (TPSA) is 52.0 Å². The van der Waals surface area contributed by atoms with Crippen molar-refractivity contribution in [3.63, 3.8) is 0 Å². The van der Waals surface area contributed by atoms with Crippen LogP contribution < -0.4 is 5.73 Å². The highest BCUT2D eigenvalue weighted by Gasteiger charge is 2.04. The molecule has 0 aliphatic heterocycles. The molecule has 13 heavy (non-hydrogen) atoms. The van der Waals surface area contributed by atoms with E-state index in [9.17, 15) is 0 Å². The normalized spacial score (nSPS) is 10.9. The smallest absolute Gasteiger partial charge is 0.181 e. The molecule has 0 bridgehead atoms. The predicted octanol–water partition coefficient (Wildman–Crippen LogP) is 2.09. The lowest BCUT2D eigenvalue weighted by Crippen LogP contribution is -2.03. The average Bonchev–Trinajstić information content (AvgIpc) is 2.52. The first-order chi connectivity index (χ1) is 6.31. The Morgan fingerprint density at radius 1 is 1.46 bits per heavy atom. The minimum Gasteiger partial charge on any atom is -0.443 e. The zero-order valence-electron chi connectivity index (χ0n) is 6.96. The second kappa shape index (κ2) is 3.47. The summed E-state index contributed by atoms with van der Waals surface area (Å²) in [4.78, 5) is 4.07. The van der Waals surface area contributed by atoms with Crippen LogP contribution in [-0.2, 0) is 6.42 Å². The summed E-state index contributed by atoms with van der Waals surface area (Å²) in [6.07, 6.45) is 2.30. The molecule has 2 aromatic rings. The number of oxazole rings is 1. The van der Waals surface area contributed by atoms with Gasteiger partial charge >= 0.3 is 0 Å². The summed E-state index contributed by atoms with van der Waals surface area (Å²) in [5.41, 5.74) is 8.33. The van der Waals surface area contributed by atoms with Crippen molar-refractivity contribution in [3.05, 3.63) is 28.6 Å². The predicted molar refractivity (Wildman–Crippen MR) is 54.5 cm³/mol. The van der Waals surface area contributed by atoms with Crippen molar-refractivity contribution in [2.45, 2.75) is 6.42 Å². The van der Waals surface area contributed by atoms with Gasteiger partial charge in [0.2, 0.25) is 0 Å². The molecule has 0 spiro atoms. The van der Waals surface area contributed by atoms with Crippen molar-refractivity contribution in [2.24, 2.45) is 5.73 Å². The molecule has 3 nitrogen and oxygen atoms in total. The maximum atomic E-state index is 5.48. The van der Waals surface area contributed by atoms with E-state index in [1.807, 2.05) is 12.1 Å². The van der Waals surface area contributed by atoms with Crippen molar-refractivity contribution < 1.29 is 4.42 Å². The third kappa shape index (κ3) is 1.59. The molecule has 2 rings (SSSR count). The highest BCUT2D eigenvalue weighted by molar-refractivity contribution is 9.10. The summed E-state index contributed by atoms with van der Waals surface area (Å²) in [6.45, 7) is 0.641. The van der Waals surface area contributed by atoms with Crippen molar-refractivity contribution in [2.75, 3.05) is 6.54 Å². The first-order valence-electron chi connectivity index (χ1n) is 4.03. The quantitative estimate of drug-likeness (QED) is 0.875. The van der Waals surface area contributed by atoms with Crippen LogP contribution in [0.2, 0.25) is 0 Å². The zero-order valence-corrected chi connectivity index (χ0v) is 8.54. The van der Waals surface area contributed by atoms with E-state index in [1.165, 1.54) is 12.0 Å². The minimum atomic E-state index is 0.641. The second-order valence-electron chi connectivity index (χ2n) is 2.80. The summed E-state index contributed by atoms with van der Waals surface area (Å²) in [5.74, 6) is 0. The Balaban J connectivity index is 2.56. The van der Waals surface area contributed by atoms with Crippen molar-refractivity contribution >= 4 is 27.0 Å². The van der Waals surface area contributed by atoms with Crippen LogP contribution in [0, 0.1) is 0 Å². The monoisotopic (exact) mass is 240 g/mol. The van der Waals surface area contributed by atoms with E-state index in [2.05, 4.69) is 20.9 Å². The van der Waals surface area contributed by atoms with Gasteiger partial charge in [-0.15, -0.1) is 0 Å². The van der Waals surface area contributed by atoms with Crippen LogP contribution in [0.5, 0.6) is 0 Å². The summed E-state index contributed by atoms with van der Waals surface area (Å²) >= 11 is 3.46. The molecule has 0 radical (unpaired) electrons. The fourth-order valence-electron chi connectivity index (χ4n) is 1.27. The SMILES string of the molecule is NCCc1cc2ncoc2cc1Br. The molecular weight excluding hydrogens is 232 g/mol. The number of hydrogen-bond acceptors (Lipinski definition) is 3. The van der Waals surface area contributed by atoms with E-state index in [0.29, 0.717) is 6.54 Å². The van der Waals surface area contributed by atoms with Gasteiger partial charge in [-0.3, -0.25) is 0 Å². The number of nitrogens with zero attached hydrogens (tertiary/aromatic N) is 1. The van der Waals surface area contributed by atoms with Gasteiger partial charge in [-0.2, -0.15) is 0 Å². The molecule has 4 heteroatoms. The average molecular weight is 241 g/mol. The number of benzene rings is 1. The Kier molecular flexibility index (Phi) is 2.33. The van der Waals surface area contributed by atoms with Gasteiger partial charge in [0, 0.05) is 4.47 Å². The van der Waals surface area contributed by atoms with Gasteiger partial charge in [0.25, 0.3) is 0 Å². The fraction of sp³-hybridized carbons (Fsp3) is 0.222. The largest absolute Gasteiger partial charge is 0.443 e. The lowest BCUT2D eigenvalue weighted by Gasteiger charge is -2.01. The molecule has 1 heterocycles. The van der Waals surface area contributed by atoms with Gasteiger partial charge in [0.15, 0.2) is 12.0 Å². The van der Waals surface area contributed by atoms with E-state index < -0.39 is 0 Å². The molecule has 68 valence electrons. The van der Waals surface area contributed by atoms with Crippen LogP contribution in [-0.4, -0.2) is 11.5 Å². The minimum absolute atomic E-state index is 0.641. The first kappa shape index (κ1) is 8.72. The number of aromatic nitrogens is 1. The zero-order chi connectivity index (χ0) is 9.26. The Hall–Kier alpha value is -0.870. The van der Waals surface area contributed by atoms with E-state index >= 15 is 0 Å². The molecule has 0 aliphatic rings. The summed E-state index contributed by atoms with van der Waals surface area (Å²) in [5, 5.41) is 0. The Morgan fingerprint density at radius 2 is 2.31 bits per heavy atom. The first-order valence-corrected chi connectivity index (χ1v) is 4.82. The number of fused-ring (bicyclic) bond motifs is 1. The van der Waals surface area contributed by atoms with E-state index in [1.54, 1.807) is 0 Å². The van der Waals surface area contributed by atoms with Gasteiger partial charge in [-0.25, -0.2) is 4.98 Å². The Bertz CT molecular complexity index is 424. The number of nitrogens with two attached hydrogens (primary N) is 1. The van der Waals surface area contributed by atoms with Crippen LogP contribution in [0.3, 0.4) is 0 Å². The van der Waals surface area contributed by atoms with Crippen LogP contribution in [0.25, 0.3) is 11.1 Å². The second-order valence-corrected chi connectivity index (χ2v) is 3.66. The van der Waals surface area contributed by atoms with E-state index in [0.717, 1.165) is 22.0 Å². The molecular formula is C9H9BrN2O. The van der Waals surface area contributed by atoms with Crippen LogP contribution >= 0.6 is 15.9 Å². The van der Waals surface area contributed by atoms with Gasteiger partial charge in [0.1, 0.15) is 5.52 Å². The molecule has 0 atom stereocenters. The summed E-state index contributed by atoms with van der Waals surface area (Å²) < 4.78 is 6.19. The maximum Gasteiger partial charge on any atom is 0.181 e. The molecule has 0 unspecified atom stereocenters. The van der Waals surface area contributed by atoms with Gasteiger partial charge < -0.3 is 10.2 Å². The number of rotatable bonds is 2. The molecule has 0 aliphatic carbocycles. The third-order valence-corrected chi connectivity index (χ3v) is 2.65. The highest BCUT2D eigenvalue weighted by Crippen LogP contribution is 2.23. The molecule has 0 amide bonds. The standard InChI is InChI=1S/C9H9BrN2O/c10-7-4-9-8(12-5-13-9)3-6(7)1-2-11/h3-5H,1-2,11H2. The van der Waals surface area contributed by atoms with E-state index in [-0.39, 0.29) is 0 Å². The van der Waals surface area contributed by atoms with Crippen molar-refractivity contribution in [1.82, 2.24) is 4.98 Å². The Labute approximate surface area is 84.1 Å². The maximum absolute atomic E-state index is 5.48. The Morgan fingerprint density at radius 3 is 3.08 bits per heavy atom. The molecule has 0 fully saturated rings. The van der Waals surface area contributed by atoms with Crippen LogP contribution in [0.15, 0.2) is 27.4 Å². The third-order valence-electron chi connectivity index (χ3n) is 1.91. The van der Waals surface area contributed by atoms with Crippen LogP contribution in [0.1, 0.15) is 5.56 Å². The van der Waals surface area contributed by atoms with Crippen molar-refractivity contribution in [1.29, 1.82) is 0 Å². The molecule has 0 saturated heterocycles. The fourth-order valence-corrected chi connectivity index (χ4v) is 1.79. The van der Waals surface area contributed by atoms with Crippen molar-refractivity contribution in [3.8, 4) is 0 Å². The number of hydrogen-bond donors (Lipinski definition) is 1. The number of halogens is 1. The van der Waals surface area contributed by atoms with E-state index in [4.69, 9.17) is 10.2 Å². The molecule has 2 N–H and O–H groups in total. The van der Waals surface area contributed by atoms with Gasteiger partial charge in [-0.05, 0) is 30.7 Å². The highest BCUT2D eigenvalue weighted by atomic mass is 79.9. The lowest BCUT2D eigenvalue weighted by atomic mass is 10.1. The lowest BCUT2D eigenvalue weighted by molar-refractivity contribution is 0.602. The summed E-state index contributed by atoms with van der Waals surface area (Å²) in [6, 6.07) is 3.92. The molecule has 0 saturated carbocycles. The summed E-state index contributed by atoms with van der Waals surface area (Å²) in [7, 11) is 0. The van der Waals surface area contributed by atoms with Crippen LogP contribution in [0.4, 0.5) is 0 Å². The molecule has 1 aromatic heterocycles.